The van der Waals surface area contributed by atoms with E-state index in [1.54, 1.807) is 14.2 Å². The molecule has 1 saturated carbocycles. The highest BCUT2D eigenvalue weighted by Gasteiger charge is 2.47. The number of carbonyl (C=O) groups is 1. The number of ether oxygens (including phenoxy) is 2. The molecule has 2 fully saturated rings. The molecule has 0 N–H and O–H groups in total. The lowest BCUT2D eigenvalue weighted by Crippen LogP contribution is -2.49. The Morgan fingerprint density at radius 1 is 1.13 bits per heavy atom. The minimum atomic E-state index is -1.10. The SMILES string of the molecule is COc1ccccc1OC.[B]C1([B])C(=O)CCC2CCN(C)C21. The third kappa shape index (κ3) is 3.74. The summed E-state index contributed by atoms with van der Waals surface area (Å²) in [4.78, 5) is 13.7. The van der Waals surface area contributed by atoms with Gasteiger partial charge in [-0.1, -0.05) is 12.1 Å². The monoisotopic (exact) mass is 311 g/mol. The number of Topliss-reactive ketones (excluding diaryl/α,β-unsaturated/α-hetero) is 1. The fraction of sp³-hybridized carbons (Fsp3) is 0.588. The van der Waals surface area contributed by atoms with E-state index in [0.717, 1.165) is 30.9 Å². The zero-order valence-electron chi connectivity index (χ0n) is 14.1. The minimum absolute atomic E-state index is 0.0162. The number of nitrogens with zero attached hydrogens (tertiary/aromatic N) is 1. The van der Waals surface area contributed by atoms with E-state index < -0.39 is 5.21 Å². The fourth-order valence-corrected chi connectivity index (χ4v) is 3.57. The summed E-state index contributed by atoms with van der Waals surface area (Å²) in [5.41, 5.74) is 0. The van der Waals surface area contributed by atoms with Crippen LogP contribution in [-0.2, 0) is 4.79 Å². The van der Waals surface area contributed by atoms with Crippen molar-refractivity contribution in [3.63, 3.8) is 0 Å². The highest BCUT2D eigenvalue weighted by Crippen LogP contribution is 2.45. The van der Waals surface area contributed by atoms with Crippen molar-refractivity contribution in [2.45, 2.75) is 30.5 Å². The molecule has 6 heteroatoms. The maximum absolute atomic E-state index is 11.5. The van der Waals surface area contributed by atoms with Crippen molar-refractivity contribution in [3.05, 3.63) is 24.3 Å². The van der Waals surface area contributed by atoms with Crippen LogP contribution in [0, 0.1) is 5.92 Å². The number of methoxy groups -OCH3 is 2. The lowest BCUT2D eigenvalue weighted by atomic mass is 9.44. The van der Waals surface area contributed by atoms with Crippen LogP contribution in [0.1, 0.15) is 19.3 Å². The van der Waals surface area contributed by atoms with Gasteiger partial charge < -0.3 is 19.2 Å². The van der Waals surface area contributed by atoms with Crippen LogP contribution < -0.4 is 9.47 Å². The molecule has 3 rings (SSSR count). The third-order valence-electron chi connectivity index (χ3n) is 4.78. The first-order valence-corrected chi connectivity index (χ1v) is 7.90. The number of carbonyl (C=O) groups excluding carboxylic acids is 1. The predicted molar refractivity (Wildman–Crippen MR) is 92.5 cm³/mol. The van der Waals surface area contributed by atoms with Gasteiger partial charge in [0.2, 0.25) is 0 Å². The molecule has 0 spiro atoms. The fourth-order valence-electron chi connectivity index (χ4n) is 3.57. The van der Waals surface area contributed by atoms with E-state index in [9.17, 15) is 4.79 Å². The normalized spacial score (nSPS) is 26.0. The van der Waals surface area contributed by atoms with Gasteiger partial charge in [-0.25, -0.2) is 0 Å². The lowest BCUT2D eigenvalue weighted by molar-refractivity contribution is -0.123. The molecule has 2 aliphatic rings. The molecule has 0 bridgehead atoms. The van der Waals surface area contributed by atoms with Crippen molar-refractivity contribution in [2.24, 2.45) is 5.92 Å². The maximum atomic E-state index is 11.5. The van der Waals surface area contributed by atoms with E-state index in [0.29, 0.717) is 12.3 Å². The number of likely N-dealkylation sites (tertiary alicyclic amines) is 1. The van der Waals surface area contributed by atoms with Gasteiger partial charge in [0.05, 0.1) is 29.9 Å². The number of para-hydroxylation sites is 2. The summed E-state index contributed by atoms with van der Waals surface area (Å²) in [6.07, 6.45) is 2.65. The van der Waals surface area contributed by atoms with Crippen molar-refractivity contribution in [1.82, 2.24) is 4.90 Å². The molecule has 1 heterocycles. The second-order valence-electron chi connectivity index (χ2n) is 6.22. The van der Waals surface area contributed by atoms with Gasteiger partial charge in [0, 0.05) is 12.5 Å². The molecule has 23 heavy (non-hydrogen) atoms. The summed E-state index contributed by atoms with van der Waals surface area (Å²) in [6.45, 7) is 1.01. The summed E-state index contributed by atoms with van der Waals surface area (Å²) in [6, 6.07) is 7.59. The van der Waals surface area contributed by atoms with Crippen LogP contribution in [0.4, 0.5) is 0 Å². The van der Waals surface area contributed by atoms with Crippen LogP contribution in [0.5, 0.6) is 11.5 Å². The Hall–Kier alpha value is -1.42. The minimum Gasteiger partial charge on any atom is -0.493 e. The second kappa shape index (κ2) is 7.43. The highest BCUT2D eigenvalue weighted by atomic mass is 16.5. The van der Waals surface area contributed by atoms with E-state index in [2.05, 4.69) is 4.90 Å². The Labute approximate surface area is 141 Å². The first-order chi connectivity index (χ1) is 10.9. The molecule has 1 aliphatic heterocycles. The second-order valence-corrected chi connectivity index (χ2v) is 6.22. The Morgan fingerprint density at radius 2 is 1.70 bits per heavy atom. The largest absolute Gasteiger partial charge is 0.493 e. The van der Waals surface area contributed by atoms with Crippen LogP contribution >= 0.6 is 0 Å². The molecular weight excluding hydrogens is 288 g/mol. The van der Waals surface area contributed by atoms with Crippen molar-refractivity contribution in [3.8, 4) is 11.5 Å². The van der Waals surface area contributed by atoms with Crippen molar-refractivity contribution in [2.75, 3.05) is 27.8 Å². The molecule has 0 amide bonds. The van der Waals surface area contributed by atoms with Gasteiger partial charge in [0.15, 0.2) is 11.5 Å². The molecule has 4 nitrogen and oxygen atoms in total. The van der Waals surface area contributed by atoms with Gasteiger partial charge in [-0.15, -0.1) is 0 Å². The van der Waals surface area contributed by atoms with Crippen LogP contribution in [0.15, 0.2) is 24.3 Å². The molecule has 0 aromatic heterocycles. The van der Waals surface area contributed by atoms with Gasteiger partial charge in [-0.3, -0.25) is 0 Å². The third-order valence-corrected chi connectivity index (χ3v) is 4.78. The quantitative estimate of drug-likeness (QED) is 0.781. The molecule has 120 valence electrons. The Balaban J connectivity index is 0.000000174. The van der Waals surface area contributed by atoms with Crippen LogP contribution in [0.25, 0.3) is 0 Å². The van der Waals surface area contributed by atoms with E-state index in [1.807, 2.05) is 31.3 Å². The lowest BCUT2D eigenvalue weighted by Gasteiger charge is -2.43. The van der Waals surface area contributed by atoms with Gasteiger partial charge in [0.1, 0.15) is 5.78 Å². The summed E-state index contributed by atoms with van der Waals surface area (Å²) in [7, 11) is 17.0. The smallest absolute Gasteiger partial charge is 0.160 e. The van der Waals surface area contributed by atoms with Crippen LogP contribution in [0.3, 0.4) is 0 Å². The topological polar surface area (TPSA) is 38.8 Å². The number of benzene rings is 1. The van der Waals surface area contributed by atoms with Crippen molar-refractivity contribution in [1.29, 1.82) is 0 Å². The molecule has 1 aliphatic carbocycles. The Kier molecular flexibility index (Phi) is 5.79. The van der Waals surface area contributed by atoms with Crippen LogP contribution in [-0.4, -0.2) is 60.2 Å². The molecule has 1 saturated heterocycles. The standard InChI is InChI=1S/C9H13B2NO.C8H10O2/c1-12-5-4-6-2-3-7(13)9(10,11)8(6)12;1-9-7-5-3-4-6-8(7)10-2/h6,8H,2-5H2,1H3;3-6H,1-2H3. The molecule has 2 atom stereocenters. The first kappa shape index (κ1) is 17.9. The molecule has 4 radical (unpaired) electrons. The Bertz CT molecular complexity index is 527. The number of hydrogen-bond donors (Lipinski definition) is 0. The van der Waals surface area contributed by atoms with Crippen molar-refractivity contribution < 1.29 is 14.3 Å². The number of ketones is 1. The predicted octanol–water partition coefficient (Wildman–Crippen LogP) is 1.83. The Morgan fingerprint density at radius 3 is 2.22 bits per heavy atom. The van der Waals surface area contributed by atoms with Gasteiger partial charge in [0.25, 0.3) is 0 Å². The van der Waals surface area contributed by atoms with E-state index in [1.165, 1.54) is 0 Å². The average molecular weight is 311 g/mol. The van der Waals surface area contributed by atoms with E-state index in [-0.39, 0.29) is 11.8 Å². The molecule has 1 aromatic rings. The maximum Gasteiger partial charge on any atom is 0.160 e. The summed E-state index contributed by atoms with van der Waals surface area (Å²) >= 11 is 0. The zero-order valence-corrected chi connectivity index (χ0v) is 14.1. The number of rotatable bonds is 2. The average Bonchev–Trinajstić information content (AvgIpc) is 2.94. The van der Waals surface area contributed by atoms with E-state index in [4.69, 9.17) is 25.2 Å². The number of hydrogen-bond acceptors (Lipinski definition) is 4. The molecular formula is C17H23B2NO3. The molecule has 1 aromatic carbocycles. The number of fused-ring (bicyclic) bond motifs is 1. The first-order valence-electron chi connectivity index (χ1n) is 7.90. The highest BCUT2D eigenvalue weighted by molar-refractivity contribution is 6.51. The van der Waals surface area contributed by atoms with Crippen LogP contribution in [0.2, 0.25) is 5.21 Å². The van der Waals surface area contributed by atoms with Crippen molar-refractivity contribution >= 4 is 21.5 Å². The van der Waals surface area contributed by atoms with Gasteiger partial charge >= 0.3 is 0 Å². The summed E-state index contributed by atoms with van der Waals surface area (Å²) in [5.74, 6) is 2.08. The summed E-state index contributed by atoms with van der Waals surface area (Å²) < 4.78 is 10.0. The molecule has 2 unspecified atom stereocenters. The zero-order chi connectivity index (χ0) is 17.0. The van der Waals surface area contributed by atoms with Gasteiger partial charge in [-0.05, 0) is 49.7 Å². The summed E-state index contributed by atoms with van der Waals surface area (Å²) in [5, 5.41) is -1.10. The van der Waals surface area contributed by atoms with E-state index >= 15 is 0 Å². The van der Waals surface area contributed by atoms with Gasteiger partial charge in [-0.2, -0.15) is 0 Å².